The Labute approximate surface area is 75.4 Å². The summed E-state index contributed by atoms with van der Waals surface area (Å²) in [7, 11) is 0. The number of aryl methyl sites for hydroxylation is 1. The molecule has 0 saturated carbocycles. The van der Waals surface area contributed by atoms with E-state index < -0.39 is 5.82 Å². The van der Waals surface area contributed by atoms with Crippen LogP contribution in [0, 0.1) is 12.7 Å². The quantitative estimate of drug-likeness (QED) is 0.654. The number of hydrogen-bond acceptors (Lipinski definition) is 1. The Balaban J connectivity index is 2.94. The van der Waals surface area contributed by atoms with Gasteiger partial charge in [-0.25, -0.2) is 4.39 Å². The molecule has 2 aromatic carbocycles. The van der Waals surface area contributed by atoms with Crippen LogP contribution in [0.4, 0.5) is 4.39 Å². The Morgan fingerprint density at radius 1 is 1.23 bits per heavy atom. The van der Waals surface area contributed by atoms with Crippen LogP contribution in [0.3, 0.4) is 0 Å². The second-order valence-electron chi connectivity index (χ2n) is 3.08. The number of phenolic OH excluding ortho intramolecular Hbond substituents is 1. The third kappa shape index (κ3) is 1.15. The number of benzene rings is 2. The van der Waals surface area contributed by atoms with E-state index in [9.17, 15) is 9.50 Å². The van der Waals surface area contributed by atoms with E-state index in [0.717, 1.165) is 5.39 Å². The highest BCUT2D eigenvalue weighted by Gasteiger charge is 2.08. The molecule has 2 aromatic rings. The van der Waals surface area contributed by atoms with E-state index in [-0.39, 0.29) is 5.75 Å². The predicted octanol–water partition coefficient (Wildman–Crippen LogP) is 2.99. The minimum absolute atomic E-state index is 0.251. The van der Waals surface area contributed by atoms with E-state index in [4.69, 9.17) is 0 Å². The van der Waals surface area contributed by atoms with Crippen LogP contribution in [-0.4, -0.2) is 5.11 Å². The van der Waals surface area contributed by atoms with Gasteiger partial charge in [-0.05, 0) is 23.9 Å². The van der Waals surface area contributed by atoms with E-state index in [1.54, 1.807) is 25.1 Å². The summed E-state index contributed by atoms with van der Waals surface area (Å²) in [6, 6.07) is 8.85. The Morgan fingerprint density at radius 3 is 2.69 bits per heavy atom. The first-order chi connectivity index (χ1) is 6.20. The van der Waals surface area contributed by atoms with Gasteiger partial charge in [0.15, 0.2) is 11.6 Å². The zero-order chi connectivity index (χ0) is 9.42. The molecule has 66 valence electrons. The van der Waals surface area contributed by atoms with Gasteiger partial charge >= 0.3 is 0 Å². The summed E-state index contributed by atoms with van der Waals surface area (Å²) < 4.78 is 13.4. The van der Waals surface area contributed by atoms with Gasteiger partial charge in [-0.3, -0.25) is 0 Å². The lowest BCUT2D eigenvalue weighted by Gasteiger charge is -2.04. The number of fused-ring (bicyclic) bond motifs is 1. The average Bonchev–Trinajstić information content (AvgIpc) is 2.15. The molecule has 2 rings (SSSR count). The van der Waals surface area contributed by atoms with E-state index >= 15 is 0 Å². The molecule has 0 unspecified atom stereocenters. The summed E-state index contributed by atoms with van der Waals surface area (Å²) in [5.41, 5.74) is 0.566. The maximum absolute atomic E-state index is 13.4. The van der Waals surface area contributed by atoms with E-state index in [2.05, 4.69) is 0 Å². The van der Waals surface area contributed by atoms with Crippen LogP contribution in [0.1, 0.15) is 5.56 Å². The Morgan fingerprint density at radius 2 is 1.92 bits per heavy atom. The van der Waals surface area contributed by atoms with Gasteiger partial charge in [-0.15, -0.1) is 0 Å². The molecule has 2 heteroatoms. The molecule has 0 bridgehead atoms. The first-order valence-corrected chi connectivity index (χ1v) is 4.07. The molecule has 0 atom stereocenters. The fourth-order valence-corrected chi connectivity index (χ4v) is 1.43. The smallest absolute Gasteiger partial charge is 0.172 e. The summed E-state index contributed by atoms with van der Waals surface area (Å²) in [4.78, 5) is 0. The number of rotatable bonds is 0. The highest BCUT2D eigenvalue weighted by Crippen LogP contribution is 2.28. The summed E-state index contributed by atoms with van der Waals surface area (Å²) in [5.74, 6) is -0.783. The number of hydrogen-bond donors (Lipinski definition) is 1. The molecule has 0 saturated heterocycles. The van der Waals surface area contributed by atoms with Gasteiger partial charge in [0.25, 0.3) is 0 Å². The molecule has 1 nitrogen and oxygen atoms in total. The second-order valence-corrected chi connectivity index (χ2v) is 3.08. The number of aromatic hydroxyl groups is 1. The minimum atomic E-state index is -0.532. The zero-order valence-electron chi connectivity index (χ0n) is 7.21. The Bertz CT molecular complexity index is 463. The molecule has 0 fully saturated rings. The molecule has 0 aliphatic carbocycles. The summed E-state index contributed by atoms with van der Waals surface area (Å²) in [5, 5.41) is 10.6. The van der Waals surface area contributed by atoms with Gasteiger partial charge in [0, 0.05) is 5.39 Å². The first-order valence-electron chi connectivity index (χ1n) is 4.07. The summed E-state index contributed by atoms with van der Waals surface area (Å²) in [6.45, 7) is 1.69. The SMILES string of the molecule is Cc1cc2ccccc2c(F)c1O. The molecule has 0 aliphatic heterocycles. The fraction of sp³-hybridized carbons (Fsp3) is 0.0909. The van der Waals surface area contributed by atoms with Crippen molar-refractivity contribution in [1.29, 1.82) is 0 Å². The maximum atomic E-state index is 13.4. The zero-order valence-corrected chi connectivity index (χ0v) is 7.21. The van der Waals surface area contributed by atoms with Crippen LogP contribution in [-0.2, 0) is 0 Å². The van der Waals surface area contributed by atoms with Crippen LogP contribution >= 0.6 is 0 Å². The highest BCUT2D eigenvalue weighted by molar-refractivity contribution is 5.85. The monoisotopic (exact) mass is 176 g/mol. The molecule has 0 aromatic heterocycles. The number of halogens is 1. The van der Waals surface area contributed by atoms with Gasteiger partial charge in [0.1, 0.15) is 0 Å². The van der Waals surface area contributed by atoms with Gasteiger partial charge in [-0.2, -0.15) is 0 Å². The summed E-state index contributed by atoms with van der Waals surface area (Å²) in [6.07, 6.45) is 0. The molecular formula is C11H9FO. The molecule has 0 heterocycles. The van der Waals surface area contributed by atoms with Crippen LogP contribution < -0.4 is 0 Å². The van der Waals surface area contributed by atoms with Crippen LogP contribution in [0.5, 0.6) is 5.75 Å². The topological polar surface area (TPSA) is 20.2 Å². The van der Waals surface area contributed by atoms with Crippen molar-refractivity contribution < 1.29 is 9.50 Å². The van der Waals surface area contributed by atoms with E-state index in [0.29, 0.717) is 10.9 Å². The third-order valence-corrected chi connectivity index (χ3v) is 2.15. The predicted molar refractivity (Wildman–Crippen MR) is 50.3 cm³/mol. The molecule has 0 amide bonds. The molecule has 0 spiro atoms. The van der Waals surface area contributed by atoms with Crippen LogP contribution in [0.15, 0.2) is 30.3 Å². The van der Waals surface area contributed by atoms with Crippen LogP contribution in [0.25, 0.3) is 10.8 Å². The second kappa shape index (κ2) is 2.73. The van der Waals surface area contributed by atoms with Crippen molar-refractivity contribution in [2.24, 2.45) is 0 Å². The van der Waals surface area contributed by atoms with E-state index in [1.165, 1.54) is 0 Å². The van der Waals surface area contributed by atoms with Crippen molar-refractivity contribution in [3.63, 3.8) is 0 Å². The van der Waals surface area contributed by atoms with Crippen molar-refractivity contribution in [2.45, 2.75) is 6.92 Å². The molecule has 0 radical (unpaired) electrons. The number of phenols is 1. The van der Waals surface area contributed by atoms with Crippen molar-refractivity contribution in [2.75, 3.05) is 0 Å². The lowest BCUT2D eigenvalue weighted by atomic mass is 10.1. The van der Waals surface area contributed by atoms with Crippen molar-refractivity contribution in [3.8, 4) is 5.75 Å². The average molecular weight is 176 g/mol. The molecular weight excluding hydrogens is 167 g/mol. The van der Waals surface area contributed by atoms with Crippen LogP contribution in [0.2, 0.25) is 0 Å². The van der Waals surface area contributed by atoms with Crippen molar-refractivity contribution in [3.05, 3.63) is 41.7 Å². The first kappa shape index (κ1) is 8.05. The lowest BCUT2D eigenvalue weighted by Crippen LogP contribution is -1.84. The normalized spacial score (nSPS) is 10.6. The molecule has 13 heavy (non-hydrogen) atoms. The molecule has 1 N–H and O–H groups in total. The third-order valence-electron chi connectivity index (χ3n) is 2.15. The van der Waals surface area contributed by atoms with Gasteiger partial charge in [-0.1, -0.05) is 24.3 Å². The highest BCUT2D eigenvalue weighted by atomic mass is 19.1. The fourth-order valence-electron chi connectivity index (χ4n) is 1.43. The summed E-state index contributed by atoms with van der Waals surface area (Å²) >= 11 is 0. The van der Waals surface area contributed by atoms with Crippen molar-refractivity contribution in [1.82, 2.24) is 0 Å². The van der Waals surface area contributed by atoms with Gasteiger partial charge < -0.3 is 5.11 Å². The van der Waals surface area contributed by atoms with Crippen molar-refractivity contribution >= 4 is 10.8 Å². The maximum Gasteiger partial charge on any atom is 0.172 e. The van der Waals surface area contributed by atoms with Gasteiger partial charge in [0.05, 0.1) is 0 Å². The van der Waals surface area contributed by atoms with E-state index in [1.807, 2.05) is 12.1 Å². The standard InChI is InChI=1S/C11H9FO/c1-7-6-8-4-2-3-5-9(8)10(12)11(7)13/h2-6,13H,1H3. The lowest BCUT2D eigenvalue weighted by molar-refractivity contribution is 0.432. The largest absolute Gasteiger partial charge is 0.505 e. The Kier molecular flexibility index (Phi) is 1.69. The molecule has 0 aliphatic rings. The minimum Gasteiger partial charge on any atom is -0.505 e. The Hall–Kier alpha value is -1.57. The van der Waals surface area contributed by atoms with Gasteiger partial charge in [0.2, 0.25) is 0 Å².